The first-order chi connectivity index (χ1) is 32.2. The van der Waals surface area contributed by atoms with Gasteiger partial charge < -0.3 is 13.9 Å². The predicted molar refractivity (Wildman–Crippen MR) is 274 cm³/mol. The SMILES string of the molecule is c1cc(-c2ccc(N(c3ccc(-c4cc5ccccc5c5ccccc45)cc3)c3ccccc3-c3cccc4oc5ccccc5c34)cc2)cc(-n2c3ccccc3c3ccccc32)c1. The minimum Gasteiger partial charge on any atom is -0.456 e. The molecule has 2 heterocycles. The van der Waals surface area contributed by atoms with Crippen molar-refractivity contribution in [2.45, 2.75) is 0 Å². The number of benzene rings is 11. The molecule has 0 aliphatic rings. The second-order valence-electron chi connectivity index (χ2n) is 16.8. The van der Waals surface area contributed by atoms with Gasteiger partial charge in [-0.05, 0) is 122 Å². The third-order valence-corrected chi connectivity index (χ3v) is 13.2. The van der Waals surface area contributed by atoms with Gasteiger partial charge in [-0.25, -0.2) is 0 Å². The van der Waals surface area contributed by atoms with E-state index in [1.165, 1.54) is 54.5 Å². The molecule has 65 heavy (non-hydrogen) atoms. The maximum atomic E-state index is 6.41. The average Bonchev–Trinajstić information content (AvgIpc) is 3.93. The van der Waals surface area contributed by atoms with Crippen molar-refractivity contribution in [1.29, 1.82) is 0 Å². The number of fused-ring (bicyclic) bond motifs is 9. The zero-order chi connectivity index (χ0) is 42.8. The van der Waals surface area contributed by atoms with Gasteiger partial charge in [0.05, 0.1) is 16.7 Å². The Balaban J connectivity index is 0.954. The van der Waals surface area contributed by atoms with Gasteiger partial charge >= 0.3 is 0 Å². The quantitative estimate of drug-likeness (QED) is 0.149. The molecule has 0 spiro atoms. The predicted octanol–water partition coefficient (Wildman–Crippen LogP) is 17.5. The van der Waals surface area contributed by atoms with E-state index in [0.717, 1.165) is 66.9 Å². The second kappa shape index (κ2) is 15.0. The Labute approximate surface area is 376 Å². The topological polar surface area (TPSA) is 21.3 Å². The molecule has 3 heteroatoms. The van der Waals surface area contributed by atoms with Crippen LogP contribution in [0.5, 0.6) is 0 Å². The number of hydrogen-bond acceptors (Lipinski definition) is 2. The van der Waals surface area contributed by atoms with E-state index >= 15 is 0 Å². The fraction of sp³-hybridized carbons (Fsp3) is 0. The Morgan fingerprint density at radius 3 is 1.63 bits per heavy atom. The van der Waals surface area contributed by atoms with Crippen molar-refractivity contribution < 1.29 is 4.42 Å². The van der Waals surface area contributed by atoms with Gasteiger partial charge in [-0.15, -0.1) is 0 Å². The normalized spacial score (nSPS) is 11.7. The maximum absolute atomic E-state index is 6.41. The number of rotatable bonds is 7. The molecule has 13 rings (SSSR count). The van der Waals surface area contributed by atoms with E-state index in [2.05, 4.69) is 246 Å². The van der Waals surface area contributed by atoms with E-state index < -0.39 is 0 Å². The van der Waals surface area contributed by atoms with Gasteiger partial charge in [0.2, 0.25) is 0 Å². The van der Waals surface area contributed by atoms with Gasteiger partial charge in [-0.2, -0.15) is 0 Å². The van der Waals surface area contributed by atoms with Crippen LogP contribution in [-0.2, 0) is 0 Å². The minimum absolute atomic E-state index is 0.879. The Morgan fingerprint density at radius 2 is 0.877 bits per heavy atom. The summed E-state index contributed by atoms with van der Waals surface area (Å²) in [6.45, 7) is 0. The molecule has 304 valence electrons. The molecule has 0 bridgehead atoms. The van der Waals surface area contributed by atoms with Crippen LogP contribution in [0.15, 0.2) is 247 Å². The van der Waals surface area contributed by atoms with Crippen LogP contribution in [0.1, 0.15) is 0 Å². The number of aromatic nitrogens is 1. The molecule has 0 atom stereocenters. The van der Waals surface area contributed by atoms with E-state index in [9.17, 15) is 0 Å². The summed E-state index contributed by atoms with van der Waals surface area (Å²) in [6.07, 6.45) is 0. The highest BCUT2D eigenvalue weighted by Crippen LogP contribution is 2.46. The molecule has 0 saturated carbocycles. The molecule has 2 aromatic heterocycles. The molecule has 3 nitrogen and oxygen atoms in total. The number of para-hydroxylation sites is 4. The van der Waals surface area contributed by atoms with E-state index in [-0.39, 0.29) is 0 Å². The number of hydrogen-bond donors (Lipinski definition) is 0. The van der Waals surface area contributed by atoms with E-state index in [0.29, 0.717) is 0 Å². The van der Waals surface area contributed by atoms with Gasteiger partial charge in [-0.1, -0.05) is 170 Å². The molecular weight excluding hydrogens is 789 g/mol. The first kappa shape index (κ1) is 36.9. The average molecular weight is 829 g/mol. The Bertz CT molecular complexity index is 3900. The zero-order valence-corrected chi connectivity index (χ0v) is 35.4. The van der Waals surface area contributed by atoms with Crippen LogP contribution in [-0.4, -0.2) is 4.57 Å². The summed E-state index contributed by atoms with van der Waals surface area (Å²) >= 11 is 0. The second-order valence-corrected chi connectivity index (χ2v) is 16.8. The summed E-state index contributed by atoms with van der Waals surface area (Å²) in [5, 5.41) is 9.77. The Morgan fingerprint density at radius 1 is 0.323 bits per heavy atom. The van der Waals surface area contributed by atoms with Crippen molar-refractivity contribution in [2.75, 3.05) is 4.90 Å². The lowest BCUT2D eigenvalue weighted by atomic mass is 9.93. The van der Waals surface area contributed by atoms with Crippen molar-refractivity contribution >= 4 is 82.4 Å². The lowest BCUT2D eigenvalue weighted by Crippen LogP contribution is -2.11. The molecule has 11 aromatic carbocycles. The number of furan rings is 1. The summed E-state index contributed by atoms with van der Waals surface area (Å²) in [4.78, 5) is 2.40. The largest absolute Gasteiger partial charge is 0.456 e. The lowest BCUT2D eigenvalue weighted by molar-refractivity contribution is 0.669. The van der Waals surface area contributed by atoms with Crippen LogP contribution in [0, 0.1) is 0 Å². The highest BCUT2D eigenvalue weighted by atomic mass is 16.3. The van der Waals surface area contributed by atoms with Crippen LogP contribution < -0.4 is 4.90 Å². The summed E-state index contributed by atoms with van der Waals surface area (Å²) in [6, 6.07) is 87.7. The molecule has 0 N–H and O–H groups in total. The fourth-order valence-electron chi connectivity index (χ4n) is 10.2. The van der Waals surface area contributed by atoms with Crippen LogP contribution in [0.2, 0.25) is 0 Å². The molecule has 0 fully saturated rings. The molecule has 0 amide bonds. The Hall–Kier alpha value is -8.66. The standard InChI is InChI=1S/C62H40N2O/c1-2-18-48-44(15-1)40-56(50-20-4-3-19-49(48)50)42-33-37-46(38-34-42)63(57-26-9-7-23-53(57)54-25-14-30-61-62(54)55-24-8-12-29-60(55)65-61)45-35-31-41(32-36-45)43-16-13-17-47(39-43)64-58-27-10-5-21-51(58)52-22-6-11-28-59(52)64/h1-40H. The molecule has 0 radical (unpaired) electrons. The third-order valence-electron chi connectivity index (χ3n) is 13.2. The molecule has 0 unspecified atom stereocenters. The smallest absolute Gasteiger partial charge is 0.136 e. The van der Waals surface area contributed by atoms with Gasteiger partial charge in [-0.3, -0.25) is 0 Å². The fourth-order valence-corrected chi connectivity index (χ4v) is 10.2. The van der Waals surface area contributed by atoms with E-state index in [4.69, 9.17) is 4.42 Å². The molecule has 13 aromatic rings. The number of nitrogens with zero attached hydrogens (tertiary/aromatic N) is 2. The van der Waals surface area contributed by atoms with Crippen LogP contribution in [0.4, 0.5) is 17.1 Å². The number of anilines is 3. The van der Waals surface area contributed by atoms with E-state index in [1.807, 2.05) is 6.07 Å². The summed E-state index contributed by atoms with van der Waals surface area (Å²) < 4.78 is 8.80. The first-order valence-electron chi connectivity index (χ1n) is 22.2. The highest BCUT2D eigenvalue weighted by molar-refractivity contribution is 6.15. The lowest BCUT2D eigenvalue weighted by Gasteiger charge is -2.28. The summed E-state index contributed by atoms with van der Waals surface area (Å²) in [5.74, 6) is 0. The van der Waals surface area contributed by atoms with Crippen molar-refractivity contribution in [3.05, 3.63) is 243 Å². The monoisotopic (exact) mass is 828 g/mol. The van der Waals surface area contributed by atoms with Crippen LogP contribution >= 0.6 is 0 Å². The van der Waals surface area contributed by atoms with Crippen molar-refractivity contribution in [3.8, 4) is 39.1 Å². The summed E-state index contributed by atoms with van der Waals surface area (Å²) in [5.41, 5.74) is 15.5. The van der Waals surface area contributed by atoms with Gasteiger partial charge in [0.25, 0.3) is 0 Å². The van der Waals surface area contributed by atoms with Crippen LogP contribution in [0.25, 0.3) is 104 Å². The Kier molecular flexibility index (Phi) is 8.53. The molecule has 0 aliphatic carbocycles. The molecule has 0 saturated heterocycles. The third kappa shape index (κ3) is 6.05. The van der Waals surface area contributed by atoms with Gasteiger partial charge in [0, 0.05) is 44.2 Å². The summed E-state index contributed by atoms with van der Waals surface area (Å²) in [7, 11) is 0. The molecule has 0 aliphatic heterocycles. The zero-order valence-electron chi connectivity index (χ0n) is 35.4. The van der Waals surface area contributed by atoms with Gasteiger partial charge in [0.15, 0.2) is 0 Å². The minimum atomic E-state index is 0.879. The van der Waals surface area contributed by atoms with E-state index in [1.54, 1.807) is 0 Å². The molecular formula is C62H40N2O. The highest BCUT2D eigenvalue weighted by Gasteiger charge is 2.21. The maximum Gasteiger partial charge on any atom is 0.136 e. The van der Waals surface area contributed by atoms with Crippen LogP contribution in [0.3, 0.4) is 0 Å². The van der Waals surface area contributed by atoms with Crippen molar-refractivity contribution in [2.24, 2.45) is 0 Å². The van der Waals surface area contributed by atoms with Gasteiger partial charge in [0.1, 0.15) is 11.2 Å². The van der Waals surface area contributed by atoms with Crippen molar-refractivity contribution in [1.82, 2.24) is 4.57 Å². The van der Waals surface area contributed by atoms with Crippen molar-refractivity contribution in [3.63, 3.8) is 0 Å². The first-order valence-corrected chi connectivity index (χ1v) is 22.2.